The quantitative estimate of drug-likeness (QED) is 0.580. The van der Waals surface area contributed by atoms with Gasteiger partial charge in [-0.3, -0.25) is 14.4 Å². The maximum Gasteiger partial charge on any atom is 0.320 e. The van der Waals surface area contributed by atoms with Gasteiger partial charge in [0.15, 0.2) is 5.92 Å². The Morgan fingerprint density at radius 3 is 2.15 bits per heavy atom. The van der Waals surface area contributed by atoms with E-state index in [2.05, 4.69) is 4.74 Å². The van der Waals surface area contributed by atoms with E-state index in [0.29, 0.717) is 5.56 Å². The minimum absolute atomic E-state index is 0.0473. The van der Waals surface area contributed by atoms with Crippen LogP contribution in [0.5, 0.6) is 0 Å². The van der Waals surface area contributed by atoms with Gasteiger partial charge in [-0.05, 0) is 18.9 Å². The van der Waals surface area contributed by atoms with E-state index in [4.69, 9.17) is 5.11 Å². The summed E-state index contributed by atoms with van der Waals surface area (Å²) in [5.74, 6) is -6.03. The van der Waals surface area contributed by atoms with Crippen LogP contribution in [0.25, 0.3) is 0 Å². The minimum Gasteiger partial charge on any atom is -0.481 e. The molecule has 2 unspecified atom stereocenters. The van der Waals surface area contributed by atoms with Gasteiger partial charge in [-0.1, -0.05) is 30.3 Å². The summed E-state index contributed by atoms with van der Waals surface area (Å²) >= 11 is 0. The summed E-state index contributed by atoms with van der Waals surface area (Å²) < 4.78 is 4.67. The van der Waals surface area contributed by atoms with Crippen molar-refractivity contribution in [3.63, 3.8) is 0 Å². The average Bonchev–Trinajstić information content (AvgIpc) is 2.39. The van der Waals surface area contributed by atoms with E-state index in [9.17, 15) is 19.5 Å². The average molecular weight is 280 g/mol. The van der Waals surface area contributed by atoms with Crippen molar-refractivity contribution in [2.45, 2.75) is 19.3 Å². The molecule has 0 bridgehead atoms. The number of rotatable bonds is 7. The van der Waals surface area contributed by atoms with Gasteiger partial charge in [0.1, 0.15) is 0 Å². The lowest BCUT2D eigenvalue weighted by Gasteiger charge is -2.17. The van der Waals surface area contributed by atoms with Crippen molar-refractivity contribution in [2.24, 2.45) is 5.92 Å². The summed E-state index contributed by atoms with van der Waals surface area (Å²) in [6, 6.07) is 8.21. The van der Waals surface area contributed by atoms with Crippen molar-refractivity contribution < 1.29 is 29.3 Å². The molecule has 2 atom stereocenters. The normalized spacial score (nSPS) is 13.2. The molecule has 0 amide bonds. The molecular weight excluding hydrogens is 264 g/mol. The van der Waals surface area contributed by atoms with E-state index in [1.807, 2.05) is 0 Å². The Bertz CT molecular complexity index is 482. The Hall–Kier alpha value is -2.37. The number of carboxylic acid groups (broad SMARTS) is 2. The van der Waals surface area contributed by atoms with Crippen LogP contribution in [-0.4, -0.2) is 34.7 Å². The Labute approximate surface area is 116 Å². The topological polar surface area (TPSA) is 101 Å². The summed E-state index contributed by atoms with van der Waals surface area (Å²) in [6.07, 6.45) is -0.340. The van der Waals surface area contributed by atoms with E-state index in [0.717, 1.165) is 0 Å². The number of hydrogen-bond acceptors (Lipinski definition) is 4. The lowest BCUT2D eigenvalue weighted by atomic mass is 9.89. The van der Waals surface area contributed by atoms with Crippen molar-refractivity contribution in [3.8, 4) is 0 Å². The molecule has 2 N–H and O–H groups in total. The third-order valence-corrected chi connectivity index (χ3v) is 2.84. The van der Waals surface area contributed by atoms with Crippen molar-refractivity contribution >= 4 is 17.9 Å². The number of benzene rings is 1. The zero-order chi connectivity index (χ0) is 15.1. The molecular formula is C14H16O6. The number of aliphatic carboxylic acids is 2. The van der Waals surface area contributed by atoms with E-state index in [-0.39, 0.29) is 13.0 Å². The SMILES string of the molecule is CCOC(=O)C(CC(C(=O)O)c1ccccc1)C(=O)O. The zero-order valence-corrected chi connectivity index (χ0v) is 11.0. The van der Waals surface area contributed by atoms with Crippen molar-refractivity contribution in [1.29, 1.82) is 0 Å². The zero-order valence-electron chi connectivity index (χ0n) is 11.0. The van der Waals surface area contributed by atoms with Crippen LogP contribution in [0.15, 0.2) is 30.3 Å². The van der Waals surface area contributed by atoms with E-state index in [1.165, 1.54) is 0 Å². The number of ether oxygens (including phenoxy) is 1. The Kier molecular flexibility index (Phi) is 5.71. The van der Waals surface area contributed by atoms with Crippen LogP contribution >= 0.6 is 0 Å². The van der Waals surface area contributed by atoms with Crippen LogP contribution in [-0.2, 0) is 19.1 Å². The van der Waals surface area contributed by atoms with Crippen LogP contribution in [0.3, 0.4) is 0 Å². The lowest BCUT2D eigenvalue weighted by Crippen LogP contribution is -2.29. The summed E-state index contributed by atoms with van der Waals surface area (Å²) in [5, 5.41) is 18.3. The number of hydrogen-bond donors (Lipinski definition) is 2. The van der Waals surface area contributed by atoms with Crippen LogP contribution in [0.1, 0.15) is 24.8 Å². The number of carbonyl (C=O) groups is 3. The Morgan fingerprint density at radius 2 is 1.70 bits per heavy atom. The fourth-order valence-electron chi connectivity index (χ4n) is 1.84. The number of esters is 1. The van der Waals surface area contributed by atoms with Gasteiger partial charge < -0.3 is 14.9 Å². The first-order chi connectivity index (χ1) is 9.47. The molecule has 6 heteroatoms. The molecule has 0 fully saturated rings. The molecule has 20 heavy (non-hydrogen) atoms. The molecule has 0 aromatic heterocycles. The Balaban J connectivity index is 2.96. The number of carbonyl (C=O) groups excluding carboxylic acids is 1. The third kappa shape index (κ3) is 4.08. The molecule has 6 nitrogen and oxygen atoms in total. The van der Waals surface area contributed by atoms with Gasteiger partial charge >= 0.3 is 17.9 Å². The second-order valence-electron chi connectivity index (χ2n) is 4.18. The highest BCUT2D eigenvalue weighted by Crippen LogP contribution is 2.25. The largest absolute Gasteiger partial charge is 0.481 e. The van der Waals surface area contributed by atoms with Gasteiger partial charge in [0, 0.05) is 0 Å². The van der Waals surface area contributed by atoms with Gasteiger partial charge in [0.05, 0.1) is 12.5 Å². The van der Waals surface area contributed by atoms with E-state index < -0.39 is 29.7 Å². The van der Waals surface area contributed by atoms with Crippen LogP contribution in [0.2, 0.25) is 0 Å². The molecule has 0 heterocycles. The molecule has 0 aliphatic rings. The first-order valence-corrected chi connectivity index (χ1v) is 6.14. The van der Waals surface area contributed by atoms with Gasteiger partial charge in [-0.2, -0.15) is 0 Å². The van der Waals surface area contributed by atoms with Crippen molar-refractivity contribution in [1.82, 2.24) is 0 Å². The fourth-order valence-corrected chi connectivity index (χ4v) is 1.84. The molecule has 0 aliphatic heterocycles. The Morgan fingerprint density at radius 1 is 1.10 bits per heavy atom. The molecule has 108 valence electrons. The highest BCUT2D eigenvalue weighted by Gasteiger charge is 2.34. The van der Waals surface area contributed by atoms with Crippen LogP contribution in [0.4, 0.5) is 0 Å². The molecule has 0 saturated heterocycles. The molecule has 0 aliphatic carbocycles. The molecule has 1 aromatic rings. The molecule has 1 aromatic carbocycles. The highest BCUT2D eigenvalue weighted by atomic mass is 16.5. The smallest absolute Gasteiger partial charge is 0.320 e. The lowest BCUT2D eigenvalue weighted by molar-refractivity contribution is -0.159. The van der Waals surface area contributed by atoms with Crippen LogP contribution < -0.4 is 0 Å². The van der Waals surface area contributed by atoms with Crippen molar-refractivity contribution in [3.05, 3.63) is 35.9 Å². The van der Waals surface area contributed by atoms with Gasteiger partial charge in [-0.25, -0.2) is 0 Å². The predicted molar refractivity (Wildman–Crippen MR) is 69.2 cm³/mol. The van der Waals surface area contributed by atoms with Gasteiger partial charge in [0.2, 0.25) is 0 Å². The van der Waals surface area contributed by atoms with Crippen molar-refractivity contribution in [2.75, 3.05) is 6.61 Å². The van der Waals surface area contributed by atoms with E-state index in [1.54, 1.807) is 37.3 Å². The summed E-state index contributed by atoms with van der Waals surface area (Å²) in [7, 11) is 0. The molecule has 0 radical (unpaired) electrons. The molecule has 0 saturated carbocycles. The fraction of sp³-hybridized carbons (Fsp3) is 0.357. The minimum atomic E-state index is -1.49. The monoisotopic (exact) mass is 280 g/mol. The molecule has 0 spiro atoms. The second-order valence-corrected chi connectivity index (χ2v) is 4.18. The van der Waals surface area contributed by atoms with Gasteiger partial charge in [-0.15, -0.1) is 0 Å². The predicted octanol–water partition coefficient (Wildman–Crippen LogP) is 1.51. The first-order valence-electron chi connectivity index (χ1n) is 6.14. The highest BCUT2D eigenvalue weighted by molar-refractivity contribution is 5.94. The standard InChI is InChI=1S/C14H16O6/c1-2-20-14(19)11(13(17)18)8-10(12(15)16)9-6-4-3-5-7-9/h3-7,10-11H,2,8H2,1H3,(H,15,16)(H,17,18). The summed E-state index contributed by atoms with van der Waals surface area (Å²) in [5.41, 5.74) is 0.454. The second kappa shape index (κ2) is 7.28. The maximum absolute atomic E-state index is 11.6. The third-order valence-electron chi connectivity index (χ3n) is 2.84. The molecule has 1 rings (SSSR count). The summed E-state index contributed by atoms with van der Waals surface area (Å²) in [4.78, 5) is 34.0. The summed E-state index contributed by atoms with van der Waals surface area (Å²) in [6.45, 7) is 1.61. The number of carboxylic acids is 2. The van der Waals surface area contributed by atoms with Gasteiger partial charge in [0.25, 0.3) is 0 Å². The first kappa shape index (κ1) is 15.7. The van der Waals surface area contributed by atoms with Crippen LogP contribution in [0, 0.1) is 5.92 Å². The maximum atomic E-state index is 11.6. The van der Waals surface area contributed by atoms with E-state index >= 15 is 0 Å².